The van der Waals surface area contributed by atoms with E-state index in [1.54, 1.807) is 0 Å². The smallest absolute Gasteiger partial charge is 0.129 e. The van der Waals surface area contributed by atoms with Crippen molar-refractivity contribution in [3.8, 4) is 0 Å². The molecule has 1 aliphatic carbocycles. The van der Waals surface area contributed by atoms with Crippen LogP contribution in [0.15, 0.2) is 0 Å². The molecule has 1 aromatic rings. The molecule has 0 saturated heterocycles. The van der Waals surface area contributed by atoms with Gasteiger partial charge in [-0.1, -0.05) is 27.7 Å². The summed E-state index contributed by atoms with van der Waals surface area (Å²) in [5, 5.41) is 3.50. The number of hydrogen-bond acceptors (Lipinski definition) is 3. The average molecular weight is 275 g/mol. The van der Waals surface area contributed by atoms with E-state index in [0.29, 0.717) is 6.04 Å². The van der Waals surface area contributed by atoms with E-state index in [1.165, 1.54) is 29.8 Å². The minimum absolute atomic E-state index is 0.542. The highest BCUT2D eigenvalue weighted by Gasteiger charge is 2.23. The summed E-state index contributed by atoms with van der Waals surface area (Å²) in [5.74, 6) is 1.94. The summed E-state index contributed by atoms with van der Waals surface area (Å²) in [4.78, 5) is 9.68. The van der Waals surface area contributed by atoms with Crippen LogP contribution in [0.5, 0.6) is 0 Å². The molecule has 112 valence electrons. The van der Waals surface area contributed by atoms with Gasteiger partial charge in [-0.3, -0.25) is 0 Å². The van der Waals surface area contributed by atoms with Crippen LogP contribution in [-0.4, -0.2) is 22.6 Å². The van der Waals surface area contributed by atoms with Crippen LogP contribution in [0.1, 0.15) is 63.3 Å². The SMILES string of the molecule is CCc1nc(CC2CC2)nc(CC)c1CCNC(C)C. The first-order valence-corrected chi connectivity index (χ1v) is 8.24. The van der Waals surface area contributed by atoms with Crippen LogP contribution in [0.25, 0.3) is 0 Å². The molecule has 1 saturated carbocycles. The third-order valence-corrected chi connectivity index (χ3v) is 3.99. The zero-order chi connectivity index (χ0) is 14.5. The maximum Gasteiger partial charge on any atom is 0.129 e. The van der Waals surface area contributed by atoms with E-state index in [9.17, 15) is 0 Å². The molecule has 3 heteroatoms. The van der Waals surface area contributed by atoms with Gasteiger partial charge in [0.25, 0.3) is 0 Å². The molecule has 1 aliphatic rings. The lowest BCUT2D eigenvalue weighted by atomic mass is 10.0. The molecule has 0 amide bonds. The minimum Gasteiger partial charge on any atom is -0.314 e. The van der Waals surface area contributed by atoms with Crippen LogP contribution in [0.4, 0.5) is 0 Å². The first-order valence-electron chi connectivity index (χ1n) is 8.24. The molecule has 0 spiro atoms. The summed E-state index contributed by atoms with van der Waals surface area (Å²) in [5.41, 5.74) is 3.94. The topological polar surface area (TPSA) is 37.8 Å². The Labute approximate surface area is 123 Å². The van der Waals surface area contributed by atoms with E-state index in [2.05, 4.69) is 33.0 Å². The third kappa shape index (κ3) is 4.27. The van der Waals surface area contributed by atoms with Crippen molar-refractivity contribution >= 4 is 0 Å². The molecule has 20 heavy (non-hydrogen) atoms. The van der Waals surface area contributed by atoms with Gasteiger partial charge in [-0.15, -0.1) is 0 Å². The zero-order valence-corrected chi connectivity index (χ0v) is 13.5. The monoisotopic (exact) mass is 275 g/mol. The van der Waals surface area contributed by atoms with Crippen LogP contribution >= 0.6 is 0 Å². The van der Waals surface area contributed by atoms with E-state index in [4.69, 9.17) is 9.97 Å². The van der Waals surface area contributed by atoms with Crippen molar-refractivity contribution in [2.45, 2.75) is 72.3 Å². The molecular weight excluding hydrogens is 246 g/mol. The van der Waals surface area contributed by atoms with Crippen molar-refractivity contribution in [3.05, 3.63) is 22.8 Å². The summed E-state index contributed by atoms with van der Waals surface area (Å²) in [6.07, 6.45) is 6.91. The summed E-state index contributed by atoms with van der Waals surface area (Å²) in [6, 6.07) is 0.542. The predicted molar refractivity (Wildman–Crippen MR) is 84.1 cm³/mol. The van der Waals surface area contributed by atoms with Gasteiger partial charge >= 0.3 is 0 Å². The van der Waals surface area contributed by atoms with E-state index >= 15 is 0 Å². The fraction of sp³-hybridized carbons (Fsp3) is 0.765. The summed E-state index contributed by atoms with van der Waals surface area (Å²) in [6.45, 7) is 9.82. The zero-order valence-electron chi connectivity index (χ0n) is 13.5. The second kappa shape index (κ2) is 7.16. The van der Waals surface area contributed by atoms with Crippen LogP contribution < -0.4 is 5.32 Å². The highest BCUT2D eigenvalue weighted by molar-refractivity contribution is 5.27. The van der Waals surface area contributed by atoms with Gasteiger partial charge in [-0.05, 0) is 50.1 Å². The van der Waals surface area contributed by atoms with Gasteiger partial charge < -0.3 is 5.32 Å². The Kier molecular flexibility index (Phi) is 5.53. The standard InChI is InChI=1S/C17H29N3/c1-5-15-14(9-10-18-12(3)4)16(6-2)20-17(19-15)11-13-7-8-13/h12-13,18H,5-11H2,1-4H3. The normalized spacial score (nSPS) is 15.1. The van der Waals surface area contributed by atoms with E-state index < -0.39 is 0 Å². The van der Waals surface area contributed by atoms with Crippen LogP contribution in [0.3, 0.4) is 0 Å². The number of aromatic nitrogens is 2. The molecule has 1 N–H and O–H groups in total. The minimum atomic E-state index is 0.542. The first-order chi connectivity index (χ1) is 9.63. The van der Waals surface area contributed by atoms with Gasteiger partial charge in [-0.25, -0.2) is 9.97 Å². The van der Waals surface area contributed by atoms with E-state index in [1.807, 2.05) is 0 Å². The third-order valence-electron chi connectivity index (χ3n) is 3.99. The summed E-state index contributed by atoms with van der Waals surface area (Å²) in [7, 11) is 0. The van der Waals surface area contributed by atoms with Crippen molar-refractivity contribution in [1.29, 1.82) is 0 Å². The highest BCUT2D eigenvalue weighted by Crippen LogP contribution is 2.32. The molecule has 0 aliphatic heterocycles. The molecular formula is C17H29N3. The van der Waals surface area contributed by atoms with Gasteiger partial charge in [0.2, 0.25) is 0 Å². The Balaban J connectivity index is 2.14. The second-order valence-corrected chi connectivity index (χ2v) is 6.23. The predicted octanol–water partition coefficient (Wildman–Crippen LogP) is 3.09. The number of hydrogen-bond donors (Lipinski definition) is 1. The van der Waals surface area contributed by atoms with Gasteiger partial charge in [-0.2, -0.15) is 0 Å². The quantitative estimate of drug-likeness (QED) is 0.792. The number of aryl methyl sites for hydroxylation is 2. The largest absolute Gasteiger partial charge is 0.314 e. The Morgan fingerprint density at radius 2 is 1.70 bits per heavy atom. The van der Waals surface area contributed by atoms with Gasteiger partial charge in [0, 0.05) is 23.9 Å². The van der Waals surface area contributed by atoms with Crippen LogP contribution in [0, 0.1) is 5.92 Å². The first kappa shape index (κ1) is 15.4. The molecule has 1 heterocycles. The van der Waals surface area contributed by atoms with Crippen molar-refractivity contribution < 1.29 is 0 Å². The Morgan fingerprint density at radius 3 is 2.15 bits per heavy atom. The molecule has 0 radical (unpaired) electrons. The molecule has 0 unspecified atom stereocenters. The van der Waals surface area contributed by atoms with Crippen molar-refractivity contribution in [2.24, 2.45) is 5.92 Å². The van der Waals surface area contributed by atoms with E-state index in [-0.39, 0.29) is 0 Å². The summed E-state index contributed by atoms with van der Waals surface area (Å²) >= 11 is 0. The van der Waals surface area contributed by atoms with Crippen molar-refractivity contribution in [3.63, 3.8) is 0 Å². The lowest BCUT2D eigenvalue weighted by Gasteiger charge is -2.15. The highest BCUT2D eigenvalue weighted by atomic mass is 14.9. The molecule has 3 nitrogen and oxygen atoms in total. The van der Waals surface area contributed by atoms with Gasteiger partial charge in [0.1, 0.15) is 5.82 Å². The lowest BCUT2D eigenvalue weighted by molar-refractivity contribution is 0.585. The van der Waals surface area contributed by atoms with Crippen LogP contribution in [0.2, 0.25) is 0 Å². The second-order valence-electron chi connectivity index (χ2n) is 6.23. The number of rotatable bonds is 8. The fourth-order valence-corrected chi connectivity index (χ4v) is 2.67. The fourth-order valence-electron chi connectivity index (χ4n) is 2.67. The maximum atomic E-state index is 4.84. The molecule has 0 aromatic carbocycles. The molecule has 2 rings (SSSR count). The van der Waals surface area contributed by atoms with Gasteiger partial charge in [0.05, 0.1) is 0 Å². The molecule has 1 fully saturated rings. The van der Waals surface area contributed by atoms with Crippen LogP contribution in [-0.2, 0) is 25.7 Å². The average Bonchev–Trinajstić information content (AvgIpc) is 3.23. The maximum absolute atomic E-state index is 4.84. The lowest BCUT2D eigenvalue weighted by Crippen LogP contribution is -2.26. The molecule has 0 atom stereocenters. The summed E-state index contributed by atoms with van der Waals surface area (Å²) < 4.78 is 0. The van der Waals surface area contributed by atoms with Crippen molar-refractivity contribution in [2.75, 3.05) is 6.54 Å². The van der Waals surface area contributed by atoms with Crippen molar-refractivity contribution in [1.82, 2.24) is 15.3 Å². The Hall–Kier alpha value is -0.960. The number of nitrogens with zero attached hydrogens (tertiary/aromatic N) is 2. The van der Waals surface area contributed by atoms with Gasteiger partial charge in [0.15, 0.2) is 0 Å². The Bertz CT molecular complexity index is 411. The molecule has 1 aromatic heterocycles. The molecule has 0 bridgehead atoms. The van der Waals surface area contributed by atoms with E-state index in [0.717, 1.165) is 44.0 Å². The Morgan fingerprint density at radius 1 is 1.10 bits per heavy atom. The number of nitrogens with one attached hydrogen (secondary N) is 1.